The van der Waals surface area contributed by atoms with E-state index in [1.165, 1.54) is 4.90 Å². The zero-order valence-electron chi connectivity index (χ0n) is 16.2. The van der Waals surface area contributed by atoms with Gasteiger partial charge >= 0.3 is 6.09 Å². The van der Waals surface area contributed by atoms with Crippen molar-refractivity contribution in [1.82, 2.24) is 4.90 Å². The molecule has 0 bridgehead atoms. The Morgan fingerprint density at radius 1 is 0.900 bits per heavy atom. The van der Waals surface area contributed by atoms with Crippen molar-refractivity contribution in [3.05, 3.63) is 113 Å². The monoisotopic (exact) mass is 393 g/mol. The van der Waals surface area contributed by atoms with Gasteiger partial charge in [-0.3, -0.25) is 4.79 Å². The number of carbonyl (C=O) groups excluding carboxylic acids is 2. The highest BCUT2D eigenvalue weighted by Gasteiger charge is 2.60. The number of hydrogen-bond donors (Lipinski definition) is 0. The molecule has 4 nitrogen and oxygen atoms in total. The summed E-state index contributed by atoms with van der Waals surface area (Å²) in [6.07, 6.45) is 1.76. The molecule has 0 saturated carbocycles. The molecule has 2 amide bonds. The van der Waals surface area contributed by atoms with Crippen LogP contribution in [0.4, 0.5) is 4.79 Å². The van der Waals surface area contributed by atoms with Gasteiger partial charge in [-0.1, -0.05) is 91.0 Å². The second-order valence-electron chi connectivity index (χ2n) is 8.04. The number of amides is 2. The Morgan fingerprint density at radius 3 is 2.33 bits per heavy atom. The molecule has 2 aliphatic carbocycles. The van der Waals surface area contributed by atoms with Crippen molar-refractivity contribution in [1.29, 1.82) is 0 Å². The van der Waals surface area contributed by atoms with Gasteiger partial charge in [0.2, 0.25) is 0 Å². The van der Waals surface area contributed by atoms with Gasteiger partial charge in [-0.15, -0.1) is 0 Å². The minimum Gasteiger partial charge on any atom is -0.443 e. The third-order valence-electron chi connectivity index (χ3n) is 6.45. The van der Waals surface area contributed by atoms with E-state index in [1.807, 2.05) is 91.0 Å². The molecule has 3 aromatic rings. The van der Waals surface area contributed by atoms with Crippen LogP contribution >= 0.6 is 0 Å². The topological polar surface area (TPSA) is 46.6 Å². The molecule has 146 valence electrons. The molecule has 0 aromatic heterocycles. The first-order valence-corrected chi connectivity index (χ1v) is 10.2. The fourth-order valence-electron chi connectivity index (χ4n) is 5.00. The Labute approximate surface area is 174 Å². The molecular weight excluding hydrogens is 374 g/mol. The smallest absolute Gasteiger partial charge is 0.417 e. The first kappa shape index (κ1) is 17.2. The number of fused-ring (bicyclic) bond motifs is 3. The van der Waals surface area contributed by atoms with E-state index in [2.05, 4.69) is 0 Å². The Kier molecular flexibility index (Phi) is 3.54. The van der Waals surface area contributed by atoms with Crippen LogP contribution < -0.4 is 0 Å². The molecule has 1 saturated heterocycles. The van der Waals surface area contributed by atoms with Crippen LogP contribution in [0.1, 0.15) is 28.3 Å². The standard InChI is InChI=1S/C26H19NO3/c28-24(27-23-20-14-8-7-11-18(20)15-22(23)30-25(27)29)26(19-12-5-2-6-13-19)16-21(26)17-9-3-1-4-10-17/h1-14,16,22-23H,15H2/t22-,23+,26+/m0/s1. The number of nitrogens with zero attached hydrogens (tertiary/aromatic N) is 1. The molecule has 3 aliphatic rings. The molecule has 0 unspecified atom stereocenters. The summed E-state index contributed by atoms with van der Waals surface area (Å²) < 4.78 is 5.64. The van der Waals surface area contributed by atoms with Crippen LogP contribution in [0.3, 0.4) is 0 Å². The van der Waals surface area contributed by atoms with Crippen molar-refractivity contribution in [2.45, 2.75) is 24.0 Å². The van der Waals surface area contributed by atoms with Crippen LogP contribution in [0.5, 0.6) is 0 Å². The van der Waals surface area contributed by atoms with Crippen molar-refractivity contribution in [2.75, 3.05) is 0 Å². The molecule has 0 spiro atoms. The third kappa shape index (κ3) is 2.28. The van der Waals surface area contributed by atoms with Crippen LogP contribution in [-0.2, 0) is 21.4 Å². The Bertz CT molecular complexity index is 1200. The lowest BCUT2D eigenvalue weighted by molar-refractivity contribution is -0.131. The lowest BCUT2D eigenvalue weighted by Crippen LogP contribution is -2.43. The highest BCUT2D eigenvalue weighted by molar-refractivity contribution is 6.17. The van der Waals surface area contributed by atoms with Crippen LogP contribution in [-0.4, -0.2) is 23.0 Å². The lowest BCUT2D eigenvalue weighted by Gasteiger charge is -2.27. The number of benzene rings is 3. The summed E-state index contributed by atoms with van der Waals surface area (Å²) in [7, 11) is 0. The fourth-order valence-corrected chi connectivity index (χ4v) is 5.00. The summed E-state index contributed by atoms with van der Waals surface area (Å²) in [6.45, 7) is 0. The molecule has 0 radical (unpaired) electrons. The average molecular weight is 393 g/mol. The zero-order chi connectivity index (χ0) is 20.3. The van der Waals surface area contributed by atoms with Crippen LogP contribution in [0, 0.1) is 0 Å². The Balaban J connectivity index is 1.44. The van der Waals surface area contributed by atoms with E-state index in [9.17, 15) is 9.59 Å². The summed E-state index contributed by atoms with van der Waals surface area (Å²) in [4.78, 5) is 28.3. The number of carbonyl (C=O) groups is 2. The molecule has 6 rings (SSSR count). The number of hydrogen-bond acceptors (Lipinski definition) is 3. The normalized spacial score (nSPS) is 25.9. The minimum absolute atomic E-state index is 0.234. The van der Waals surface area contributed by atoms with E-state index >= 15 is 0 Å². The van der Waals surface area contributed by atoms with Gasteiger partial charge in [0, 0.05) is 6.42 Å². The van der Waals surface area contributed by atoms with Crippen molar-refractivity contribution < 1.29 is 14.3 Å². The molecule has 1 heterocycles. The predicted molar refractivity (Wildman–Crippen MR) is 113 cm³/mol. The van der Waals surface area contributed by atoms with E-state index in [-0.39, 0.29) is 18.1 Å². The fraction of sp³-hybridized carbons (Fsp3) is 0.154. The van der Waals surface area contributed by atoms with Crippen molar-refractivity contribution >= 4 is 17.6 Å². The summed E-state index contributed by atoms with van der Waals surface area (Å²) in [5.41, 5.74) is 4.00. The van der Waals surface area contributed by atoms with Crippen LogP contribution in [0.25, 0.3) is 5.57 Å². The second kappa shape index (κ2) is 6.17. The average Bonchev–Trinajstić information content (AvgIpc) is 3.35. The third-order valence-corrected chi connectivity index (χ3v) is 6.45. The van der Waals surface area contributed by atoms with Gasteiger partial charge in [-0.25, -0.2) is 9.69 Å². The highest BCUT2D eigenvalue weighted by atomic mass is 16.6. The number of rotatable bonds is 3. The van der Waals surface area contributed by atoms with E-state index in [1.54, 1.807) is 0 Å². The Morgan fingerprint density at radius 2 is 1.57 bits per heavy atom. The predicted octanol–water partition coefficient (Wildman–Crippen LogP) is 4.67. The van der Waals surface area contributed by atoms with Gasteiger partial charge in [0.1, 0.15) is 17.6 Å². The molecule has 0 N–H and O–H groups in total. The van der Waals surface area contributed by atoms with Gasteiger partial charge in [0.05, 0.1) is 0 Å². The van der Waals surface area contributed by atoms with Crippen LogP contribution in [0.2, 0.25) is 0 Å². The first-order chi connectivity index (χ1) is 14.7. The van der Waals surface area contributed by atoms with Crippen LogP contribution in [0.15, 0.2) is 91.0 Å². The molecule has 1 aliphatic heterocycles. The maximum absolute atomic E-state index is 14.0. The summed E-state index contributed by atoms with van der Waals surface area (Å²) in [5, 5.41) is 0. The molecule has 3 atom stereocenters. The summed E-state index contributed by atoms with van der Waals surface area (Å²) >= 11 is 0. The van der Waals surface area contributed by atoms with Gasteiger partial charge in [0.25, 0.3) is 5.91 Å². The lowest BCUT2D eigenvalue weighted by atomic mass is 9.86. The van der Waals surface area contributed by atoms with Gasteiger partial charge in [0.15, 0.2) is 0 Å². The molecule has 3 aromatic carbocycles. The SMILES string of the molecule is O=C1O[C@H]2Cc3ccccc3[C@H]2N1C(=O)[C@@]1(c2ccccc2)C=C1c1ccccc1. The van der Waals surface area contributed by atoms with Gasteiger partial charge in [-0.2, -0.15) is 0 Å². The quantitative estimate of drug-likeness (QED) is 0.650. The number of ether oxygens (including phenoxy) is 1. The van der Waals surface area contributed by atoms with Gasteiger partial charge in [-0.05, 0) is 27.8 Å². The largest absolute Gasteiger partial charge is 0.443 e. The molecule has 1 fully saturated rings. The van der Waals surface area contributed by atoms with Crippen molar-refractivity contribution in [3.8, 4) is 0 Å². The highest BCUT2D eigenvalue weighted by Crippen LogP contribution is 2.56. The van der Waals surface area contributed by atoms with E-state index in [0.29, 0.717) is 6.42 Å². The number of imide groups is 1. The maximum Gasteiger partial charge on any atom is 0.417 e. The second-order valence-corrected chi connectivity index (χ2v) is 8.04. The van der Waals surface area contributed by atoms with E-state index in [0.717, 1.165) is 27.8 Å². The zero-order valence-corrected chi connectivity index (χ0v) is 16.2. The van der Waals surface area contributed by atoms with Crippen molar-refractivity contribution in [3.63, 3.8) is 0 Å². The summed E-state index contributed by atoms with van der Waals surface area (Å²) in [6, 6.07) is 27.2. The maximum atomic E-state index is 14.0. The van der Waals surface area contributed by atoms with E-state index < -0.39 is 11.5 Å². The van der Waals surface area contributed by atoms with E-state index in [4.69, 9.17) is 4.74 Å². The minimum atomic E-state index is -0.936. The molecule has 30 heavy (non-hydrogen) atoms. The molecule has 4 heteroatoms. The Hall–Kier alpha value is -3.66. The van der Waals surface area contributed by atoms with Gasteiger partial charge < -0.3 is 4.74 Å². The summed E-state index contributed by atoms with van der Waals surface area (Å²) in [5.74, 6) is -0.234. The molecular formula is C26H19NO3. The van der Waals surface area contributed by atoms with Crippen molar-refractivity contribution in [2.24, 2.45) is 0 Å². The first-order valence-electron chi connectivity index (χ1n) is 10.2.